The van der Waals surface area contributed by atoms with Crippen LogP contribution in [-0.4, -0.2) is 5.16 Å². The molecule has 0 fully saturated rings. The third-order valence-electron chi connectivity index (χ3n) is 1.89. The minimum Gasteiger partial charge on any atom is -0.195 e. The van der Waals surface area contributed by atoms with Gasteiger partial charge < -0.3 is 0 Å². The van der Waals surface area contributed by atoms with Gasteiger partial charge in [-0.05, 0) is 35.3 Å². The Hall–Kier alpha value is -0.980. The smallest absolute Gasteiger partial charge is 0.0742 e. The molecule has 0 unspecified atom stereocenters. The quantitative estimate of drug-likeness (QED) is 0.487. The number of aliphatic imine (C=N–C) groups is 1. The lowest BCUT2D eigenvalue weighted by Gasteiger charge is -2.18. The first-order valence-corrected chi connectivity index (χ1v) is 4.63. The highest BCUT2D eigenvalue weighted by Crippen LogP contribution is 2.25. The Labute approximate surface area is 84.5 Å². The van der Waals surface area contributed by atoms with Crippen LogP contribution in [0.3, 0.4) is 0 Å². The van der Waals surface area contributed by atoms with Crippen molar-refractivity contribution in [3.8, 4) is 0 Å². The molecule has 2 heteroatoms. The Balaban J connectivity index is 3.12. The van der Waals surface area contributed by atoms with Gasteiger partial charge in [-0.15, -0.1) is 0 Å². The van der Waals surface area contributed by atoms with Gasteiger partial charge >= 0.3 is 0 Å². The summed E-state index contributed by atoms with van der Waals surface area (Å²) in [7, 11) is 0. The average Bonchev–Trinajstić information content (AvgIpc) is 2.04. The number of rotatable bonds is 1. The number of isothiocyanates is 1. The van der Waals surface area contributed by atoms with E-state index in [0.29, 0.717) is 0 Å². The normalized spacial score (nSPS) is 10.7. The molecule has 68 valence electrons. The van der Waals surface area contributed by atoms with E-state index in [2.05, 4.69) is 49.2 Å². The summed E-state index contributed by atoms with van der Waals surface area (Å²) < 4.78 is 0. The molecule has 0 amide bonds. The minimum absolute atomic E-state index is 0.160. The first-order valence-electron chi connectivity index (χ1n) is 4.22. The van der Waals surface area contributed by atoms with E-state index in [-0.39, 0.29) is 5.41 Å². The average molecular weight is 191 g/mol. The van der Waals surface area contributed by atoms with E-state index in [9.17, 15) is 0 Å². The lowest BCUT2D eigenvalue weighted by atomic mass is 9.87. The van der Waals surface area contributed by atoms with Gasteiger partial charge in [-0.25, -0.2) is 0 Å². The van der Waals surface area contributed by atoms with Gasteiger partial charge in [-0.1, -0.05) is 32.9 Å². The van der Waals surface area contributed by atoms with Crippen molar-refractivity contribution in [3.05, 3.63) is 29.8 Å². The summed E-state index contributed by atoms with van der Waals surface area (Å²) in [5.41, 5.74) is 2.30. The maximum Gasteiger partial charge on any atom is 0.0742 e. The van der Waals surface area contributed by atoms with E-state index < -0.39 is 0 Å². The summed E-state index contributed by atoms with van der Waals surface area (Å²) in [4.78, 5) is 3.95. The van der Waals surface area contributed by atoms with Crippen molar-refractivity contribution in [2.45, 2.75) is 26.2 Å². The van der Waals surface area contributed by atoms with Crippen molar-refractivity contribution in [1.82, 2.24) is 0 Å². The van der Waals surface area contributed by atoms with E-state index in [4.69, 9.17) is 0 Å². The van der Waals surface area contributed by atoms with Gasteiger partial charge in [0, 0.05) is 0 Å². The van der Waals surface area contributed by atoms with Crippen LogP contribution in [0.15, 0.2) is 29.3 Å². The molecule has 1 nitrogen and oxygen atoms in total. The van der Waals surface area contributed by atoms with Crippen LogP contribution >= 0.6 is 12.2 Å². The lowest BCUT2D eigenvalue weighted by molar-refractivity contribution is 0.590. The van der Waals surface area contributed by atoms with E-state index in [1.165, 1.54) is 5.56 Å². The number of nitrogens with zero attached hydrogens (tertiary/aromatic N) is 1. The topological polar surface area (TPSA) is 12.4 Å². The first kappa shape index (κ1) is 10.1. The molecule has 0 N–H and O–H groups in total. The molecule has 0 radical (unpaired) electrons. The Bertz CT molecular complexity index is 343. The van der Waals surface area contributed by atoms with Gasteiger partial charge in [0.1, 0.15) is 0 Å². The number of thiocarbonyl (C=S) groups is 1. The Morgan fingerprint density at radius 1 is 1.31 bits per heavy atom. The summed E-state index contributed by atoms with van der Waals surface area (Å²) in [6.07, 6.45) is 0. The van der Waals surface area contributed by atoms with Crippen molar-refractivity contribution in [3.63, 3.8) is 0 Å². The highest BCUT2D eigenvalue weighted by atomic mass is 32.1. The van der Waals surface area contributed by atoms with Gasteiger partial charge in [0.25, 0.3) is 0 Å². The minimum atomic E-state index is 0.160. The molecule has 0 saturated carbocycles. The Morgan fingerprint density at radius 3 is 2.54 bits per heavy atom. The second kappa shape index (κ2) is 3.82. The van der Waals surface area contributed by atoms with E-state index >= 15 is 0 Å². The molecule has 0 atom stereocenters. The molecule has 1 aromatic carbocycles. The van der Waals surface area contributed by atoms with E-state index in [1.54, 1.807) is 0 Å². The zero-order valence-corrected chi connectivity index (χ0v) is 8.98. The van der Waals surface area contributed by atoms with Crippen LogP contribution in [0.25, 0.3) is 0 Å². The molecule has 0 aliphatic rings. The van der Waals surface area contributed by atoms with Crippen LogP contribution in [0.1, 0.15) is 26.3 Å². The Kier molecular flexibility index (Phi) is 2.97. The summed E-state index contributed by atoms with van der Waals surface area (Å²) in [6, 6.07) is 8.06. The fourth-order valence-electron chi connectivity index (χ4n) is 1.09. The second-order valence-corrected chi connectivity index (χ2v) is 4.19. The maximum atomic E-state index is 4.55. The summed E-state index contributed by atoms with van der Waals surface area (Å²) in [5, 5.41) is 2.37. The molecule has 0 bridgehead atoms. The predicted octanol–water partition coefficient (Wildman–Crippen LogP) is 3.72. The zero-order valence-electron chi connectivity index (χ0n) is 8.16. The second-order valence-electron chi connectivity index (χ2n) is 4.00. The third-order valence-corrected chi connectivity index (χ3v) is 1.98. The number of hydrogen-bond donors (Lipinski definition) is 0. The van der Waals surface area contributed by atoms with Crippen molar-refractivity contribution in [2.75, 3.05) is 0 Å². The predicted molar refractivity (Wildman–Crippen MR) is 59.8 cm³/mol. The summed E-state index contributed by atoms with van der Waals surface area (Å²) in [6.45, 7) is 6.52. The van der Waals surface area contributed by atoms with Crippen molar-refractivity contribution >= 4 is 23.1 Å². The van der Waals surface area contributed by atoms with Gasteiger partial charge in [0.2, 0.25) is 0 Å². The molecule has 1 rings (SSSR count). The van der Waals surface area contributed by atoms with Gasteiger partial charge in [-0.3, -0.25) is 0 Å². The van der Waals surface area contributed by atoms with Gasteiger partial charge in [0.15, 0.2) is 0 Å². The monoisotopic (exact) mass is 191 g/mol. The molecular formula is C11H13NS. The van der Waals surface area contributed by atoms with Crippen LogP contribution in [0, 0.1) is 0 Å². The Morgan fingerprint density at radius 2 is 2.00 bits per heavy atom. The SMILES string of the molecule is CC(C)(C)c1cccc(N=C=S)c1. The number of hydrogen-bond acceptors (Lipinski definition) is 2. The highest BCUT2D eigenvalue weighted by molar-refractivity contribution is 7.78. The summed E-state index contributed by atoms with van der Waals surface area (Å²) in [5.74, 6) is 0. The summed E-state index contributed by atoms with van der Waals surface area (Å²) >= 11 is 4.55. The highest BCUT2D eigenvalue weighted by Gasteiger charge is 2.12. The molecular weight excluding hydrogens is 178 g/mol. The van der Waals surface area contributed by atoms with Crippen molar-refractivity contribution in [2.24, 2.45) is 4.99 Å². The molecule has 0 saturated heterocycles. The molecule has 0 aliphatic carbocycles. The molecule has 0 heterocycles. The molecule has 0 spiro atoms. The largest absolute Gasteiger partial charge is 0.195 e. The van der Waals surface area contributed by atoms with E-state index in [1.807, 2.05) is 18.2 Å². The van der Waals surface area contributed by atoms with Crippen molar-refractivity contribution < 1.29 is 0 Å². The lowest BCUT2D eigenvalue weighted by Crippen LogP contribution is -2.10. The molecule has 13 heavy (non-hydrogen) atoms. The van der Waals surface area contributed by atoms with Gasteiger partial charge in [-0.2, -0.15) is 4.99 Å². The molecule has 0 aliphatic heterocycles. The molecule has 0 aromatic heterocycles. The maximum absolute atomic E-state index is 4.55. The fourth-order valence-corrected chi connectivity index (χ4v) is 1.20. The standard InChI is InChI=1S/C11H13NS/c1-11(2,3)9-5-4-6-10(7-9)12-8-13/h4-7H,1-3H3. The molecule has 1 aromatic rings. The van der Waals surface area contributed by atoms with Crippen LogP contribution in [0.5, 0.6) is 0 Å². The van der Waals surface area contributed by atoms with Crippen LogP contribution in [0.4, 0.5) is 5.69 Å². The van der Waals surface area contributed by atoms with Crippen LogP contribution in [-0.2, 0) is 5.41 Å². The third kappa shape index (κ3) is 2.76. The first-order chi connectivity index (χ1) is 6.04. The van der Waals surface area contributed by atoms with Gasteiger partial charge in [0.05, 0.1) is 10.8 Å². The van der Waals surface area contributed by atoms with E-state index in [0.717, 1.165) is 5.69 Å². The van der Waals surface area contributed by atoms with Crippen LogP contribution in [0.2, 0.25) is 0 Å². The van der Waals surface area contributed by atoms with Crippen LogP contribution < -0.4 is 0 Å². The number of benzene rings is 1. The zero-order chi connectivity index (χ0) is 9.90. The van der Waals surface area contributed by atoms with Crippen molar-refractivity contribution in [1.29, 1.82) is 0 Å². The fraction of sp³-hybridized carbons (Fsp3) is 0.364.